The first kappa shape index (κ1) is 11.9. The van der Waals surface area contributed by atoms with Gasteiger partial charge in [0.05, 0.1) is 6.10 Å². The maximum atomic E-state index is 9.73. The molecule has 1 aromatic rings. The summed E-state index contributed by atoms with van der Waals surface area (Å²) in [6, 6.07) is 0. The monoisotopic (exact) mass is 246 g/mol. The molecule has 0 saturated carbocycles. The molecule has 1 aromatic heterocycles. The third-order valence-electron chi connectivity index (χ3n) is 2.51. The number of aromatic nitrogens is 2. The lowest BCUT2D eigenvalue weighted by Crippen LogP contribution is -2.55. The van der Waals surface area contributed by atoms with Crippen LogP contribution in [-0.2, 0) is 4.74 Å². The van der Waals surface area contributed by atoms with E-state index in [1.165, 1.54) is 11.8 Å². The zero-order chi connectivity index (χ0) is 11.7. The molecule has 2 heterocycles. The van der Waals surface area contributed by atoms with E-state index < -0.39 is 29.9 Å². The van der Waals surface area contributed by atoms with E-state index in [0.717, 1.165) is 0 Å². The number of aromatic amines is 1. The van der Waals surface area contributed by atoms with Gasteiger partial charge < -0.3 is 25.0 Å². The number of nitrogens with zero attached hydrogens (tertiary/aromatic N) is 1. The predicted octanol–water partition coefficient (Wildman–Crippen LogP) is -0.671. The fourth-order valence-corrected chi connectivity index (χ4v) is 2.55. The van der Waals surface area contributed by atoms with Gasteiger partial charge in [0.15, 0.2) is 5.16 Å². The molecule has 7 heteroatoms. The van der Waals surface area contributed by atoms with Gasteiger partial charge in [-0.3, -0.25) is 0 Å². The number of hydrogen-bond donors (Lipinski definition) is 4. The summed E-state index contributed by atoms with van der Waals surface area (Å²) in [5.74, 6) is 0. The number of ether oxygens (including phenoxy) is 1. The Kier molecular flexibility index (Phi) is 3.50. The maximum Gasteiger partial charge on any atom is 0.167 e. The van der Waals surface area contributed by atoms with Crippen molar-refractivity contribution in [3.63, 3.8) is 0 Å². The van der Waals surface area contributed by atoms with Crippen LogP contribution >= 0.6 is 11.8 Å². The average Bonchev–Trinajstić information content (AvgIpc) is 2.76. The number of thioether (sulfide) groups is 1. The molecule has 6 nitrogen and oxygen atoms in total. The first-order chi connectivity index (χ1) is 7.59. The highest BCUT2D eigenvalue weighted by Gasteiger charge is 2.42. The van der Waals surface area contributed by atoms with E-state index in [4.69, 9.17) is 4.74 Å². The minimum atomic E-state index is -1.20. The van der Waals surface area contributed by atoms with Crippen LogP contribution in [-0.4, -0.2) is 55.1 Å². The van der Waals surface area contributed by atoms with Crippen LogP contribution in [0, 0.1) is 0 Å². The van der Waals surface area contributed by atoms with Crippen LogP contribution < -0.4 is 0 Å². The van der Waals surface area contributed by atoms with Gasteiger partial charge in [-0.25, -0.2) is 4.98 Å². The Bertz CT molecular complexity index is 334. The average molecular weight is 246 g/mol. The summed E-state index contributed by atoms with van der Waals surface area (Å²) in [5, 5.41) is 29.4. The van der Waals surface area contributed by atoms with Crippen molar-refractivity contribution in [1.29, 1.82) is 0 Å². The number of hydrogen-bond acceptors (Lipinski definition) is 6. The summed E-state index contributed by atoms with van der Waals surface area (Å²) >= 11 is 1.18. The minimum Gasteiger partial charge on any atom is -0.388 e. The molecule has 1 aliphatic rings. The van der Waals surface area contributed by atoms with Gasteiger partial charge in [-0.15, -0.1) is 0 Å². The molecule has 0 aliphatic carbocycles. The second-order valence-electron chi connectivity index (χ2n) is 3.69. The predicted molar refractivity (Wildman–Crippen MR) is 56.8 cm³/mol. The molecule has 0 unspecified atom stereocenters. The lowest BCUT2D eigenvalue weighted by molar-refractivity contribution is -0.192. The molecular formula is C9H14N2O4S. The highest BCUT2D eigenvalue weighted by atomic mass is 32.2. The van der Waals surface area contributed by atoms with Crippen molar-refractivity contribution in [2.24, 2.45) is 0 Å². The van der Waals surface area contributed by atoms with Crippen molar-refractivity contribution in [3.05, 3.63) is 12.4 Å². The second-order valence-corrected chi connectivity index (χ2v) is 4.78. The fourth-order valence-electron chi connectivity index (χ4n) is 1.54. The van der Waals surface area contributed by atoms with Gasteiger partial charge in [0.1, 0.15) is 23.7 Å². The Balaban J connectivity index is 2.04. The van der Waals surface area contributed by atoms with Crippen molar-refractivity contribution in [2.45, 2.75) is 41.9 Å². The molecule has 16 heavy (non-hydrogen) atoms. The van der Waals surface area contributed by atoms with Crippen molar-refractivity contribution in [1.82, 2.24) is 9.97 Å². The Hall–Kier alpha value is -0.600. The molecule has 0 amide bonds. The maximum absolute atomic E-state index is 9.73. The Morgan fingerprint density at radius 2 is 2.06 bits per heavy atom. The van der Waals surface area contributed by atoms with E-state index >= 15 is 0 Å². The smallest absolute Gasteiger partial charge is 0.167 e. The summed E-state index contributed by atoms with van der Waals surface area (Å²) in [7, 11) is 0. The molecule has 90 valence electrons. The molecule has 0 bridgehead atoms. The van der Waals surface area contributed by atoms with Crippen LogP contribution in [0.2, 0.25) is 0 Å². The largest absolute Gasteiger partial charge is 0.388 e. The zero-order valence-corrected chi connectivity index (χ0v) is 9.46. The second kappa shape index (κ2) is 4.72. The van der Waals surface area contributed by atoms with E-state index in [0.29, 0.717) is 5.16 Å². The van der Waals surface area contributed by atoms with E-state index in [-0.39, 0.29) is 0 Å². The van der Waals surface area contributed by atoms with Gasteiger partial charge in [-0.05, 0) is 6.92 Å². The standard InChI is InChI=1S/C9H14N2O4S/c1-4-5(12)6(13)7(14)8(15-4)16-9-10-2-3-11-9/h2-8,12-14H,1H3,(H,10,11)/t4-,5+,6+,7+,8+/m1/s1. The quantitative estimate of drug-likeness (QED) is 0.552. The van der Waals surface area contributed by atoms with Gasteiger partial charge in [-0.2, -0.15) is 0 Å². The number of imidazole rings is 1. The first-order valence-corrected chi connectivity index (χ1v) is 5.83. The molecule has 0 spiro atoms. The Morgan fingerprint density at radius 3 is 2.69 bits per heavy atom. The van der Waals surface area contributed by atoms with Gasteiger partial charge >= 0.3 is 0 Å². The molecule has 2 rings (SSSR count). The van der Waals surface area contributed by atoms with Gasteiger partial charge in [-0.1, -0.05) is 11.8 Å². The minimum absolute atomic E-state index is 0.522. The number of aliphatic hydroxyl groups is 3. The van der Waals surface area contributed by atoms with E-state index in [2.05, 4.69) is 9.97 Å². The van der Waals surface area contributed by atoms with Crippen LogP contribution in [0.1, 0.15) is 6.92 Å². The molecular weight excluding hydrogens is 232 g/mol. The SMILES string of the molecule is C[C@H]1O[C@@H](Sc2ncc[nH]2)[C@@H](O)[C@@H](O)[C@H]1O. The summed E-state index contributed by atoms with van der Waals surface area (Å²) in [6.45, 7) is 1.65. The molecule has 0 radical (unpaired) electrons. The van der Waals surface area contributed by atoms with E-state index in [1.807, 2.05) is 0 Å². The van der Waals surface area contributed by atoms with Gasteiger partial charge in [0, 0.05) is 12.4 Å². The highest BCUT2D eigenvalue weighted by molar-refractivity contribution is 7.99. The van der Waals surface area contributed by atoms with Crippen LogP contribution in [0.25, 0.3) is 0 Å². The molecule has 1 aliphatic heterocycles. The van der Waals surface area contributed by atoms with Gasteiger partial charge in [0.25, 0.3) is 0 Å². The van der Waals surface area contributed by atoms with Crippen molar-refractivity contribution in [2.75, 3.05) is 0 Å². The molecule has 4 N–H and O–H groups in total. The lowest BCUT2D eigenvalue weighted by Gasteiger charge is -2.38. The number of nitrogens with one attached hydrogen (secondary N) is 1. The summed E-state index contributed by atoms with van der Waals surface area (Å²) in [6.07, 6.45) is -0.676. The topological polar surface area (TPSA) is 98.6 Å². The van der Waals surface area contributed by atoms with Crippen LogP contribution in [0.3, 0.4) is 0 Å². The third-order valence-corrected chi connectivity index (χ3v) is 3.58. The summed E-state index contributed by atoms with van der Waals surface area (Å²) in [4.78, 5) is 6.85. The Labute approximate surface area is 96.7 Å². The number of H-pyrrole nitrogens is 1. The molecule has 1 fully saturated rings. The number of aliphatic hydroxyl groups excluding tert-OH is 3. The zero-order valence-electron chi connectivity index (χ0n) is 8.65. The fraction of sp³-hybridized carbons (Fsp3) is 0.667. The van der Waals surface area contributed by atoms with E-state index in [1.54, 1.807) is 19.3 Å². The van der Waals surface area contributed by atoms with Crippen LogP contribution in [0.15, 0.2) is 17.6 Å². The van der Waals surface area contributed by atoms with Crippen molar-refractivity contribution >= 4 is 11.8 Å². The summed E-state index contributed by atoms with van der Waals surface area (Å²) < 4.78 is 5.40. The highest BCUT2D eigenvalue weighted by Crippen LogP contribution is 2.31. The van der Waals surface area contributed by atoms with Crippen LogP contribution in [0.5, 0.6) is 0 Å². The van der Waals surface area contributed by atoms with Gasteiger partial charge in [0.2, 0.25) is 0 Å². The third kappa shape index (κ3) is 2.23. The van der Waals surface area contributed by atoms with Crippen molar-refractivity contribution < 1.29 is 20.1 Å². The molecule has 5 atom stereocenters. The van der Waals surface area contributed by atoms with Crippen LogP contribution in [0.4, 0.5) is 0 Å². The Morgan fingerprint density at radius 1 is 1.31 bits per heavy atom. The summed E-state index contributed by atoms with van der Waals surface area (Å²) in [5.41, 5.74) is -0.639. The molecule has 1 saturated heterocycles. The van der Waals surface area contributed by atoms with Crippen molar-refractivity contribution in [3.8, 4) is 0 Å². The van der Waals surface area contributed by atoms with E-state index in [9.17, 15) is 15.3 Å². The first-order valence-electron chi connectivity index (χ1n) is 4.95. The molecule has 0 aromatic carbocycles. The number of rotatable bonds is 2. The normalized spacial score (nSPS) is 39.9. The lowest BCUT2D eigenvalue weighted by atomic mass is 10.0.